The second-order valence-electron chi connectivity index (χ2n) is 6.13. The number of benzene rings is 1. The van der Waals surface area contributed by atoms with Crippen LogP contribution in [0.3, 0.4) is 0 Å². The van der Waals surface area contributed by atoms with Crippen LogP contribution < -0.4 is 5.32 Å². The van der Waals surface area contributed by atoms with E-state index < -0.39 is 0 Å². The first-order chi connectivity index (χ1) is 8.66. The molecule has 0 saturated heterocycles. The lowest BCUT2D eigenvalue weighted by Gasteiger charge is -2.36. The van der Waals surface area contributed by atoms with Crippen molar-refractivity contribution in [2.45, 2.75) is 58.5 Å². The molecule has 1 heteroatoms. The van der Waals surface area contributed by atoms with E-state index in [1.54, 1.807) is 0 Å². The lowest BCUT2D eigenvalue weighted by atomic mass is 9.77. The van der Waals surface area contributed by atoms with Crippen LogP contribution in [0.4, 0.5) is 0 Å². The van der Waals surface area contributed by atoms with Crippen LogP contribution in [0.15, 0.2) is 30.3 Å². The van der Waals surface area contributed by atoms with Gasteiger partial charge in [-0.3, -0.25) is 0 Å². The number of hydrogen-bond acceptors (Lipinski definition) is 1. The van der Waals surface area contributed by atoms with Crippen LogP contribution in [-0.4, -0.2) is 12.1 Å². The molecule has 1 N–H and O–H groups in total. The van der Waals surface area contributed by atoms with Crippen LogP contribution in [0.25, 0.3) is 0 Å². The van der Waals surface area contributed by atoms with Crippen molar-refractivity contribution in [1.29, 1.82) is 0 Å². The third kappa shape index (κ3) is 3.58. The van der Waals surface area contributed by atoms with E-state index in [1.165, 1.54) is 24.8 Å². The summed E-state index contributed by atoms with van der Waals surface area (Å²) in [6.07, 6.45) is 5.29. The first kappa shape index (κ1) is 13.6. The van der Waals surface area contributed by atoms with Gasteiger partial charge in [0.1, 0.15) is 0 Å². The van der Waals surface area contributed by atoms with Crippen LogP contribution >= 0.6 is 0 Å². The molecule has 1 aliphatic rings. The van der Waals surface area contributed by atoms with Crippen molar-refractivity contribution >= 4 is 0 Å². The molecule has 100 valence electrons. The zero-order valence-corrected chi connectivity index (χ0v) is 12.0. The summed E-state index contributed by atoms with van der Waals surface area (Å²) < 4.78 is 0. The van der Waals surface area contributed by atoms with Gasteiger partial charge in [-0.1, -0.05) is 57.0 Å². The fraction of sp³-hybridized carbons (Fsp3) is 0.647. The first-order valence-corrected chi connectivity index (χ1v) is 7.47. The molecule has 0 spiro atoms. The topological polar surface area (TPSA) is 12.0 Å². The molecule has 0 aromatic heterocycles. The molecule has 2 rings (SSSR count). The maximum absolute atomic E-state index is 3.85. The third-order valence-electron chi connectivity index (χ3n) is 4.59. The van der Waals surface area contributed by atoms with Gasteiger partial charge in [-0.25, -0.2) is 0 Å². The summed E-state index contributed by atoms with van der Waals surface area (Å²) >= 11 is 0. The molecule has 1 aliphatic carbocycles. The van der Waals surface area contributed by atoms with Crippen molar-refractivity contribution in [3.05, 3.63) is 35.9 Å². The fourth-order valence-corrected chi connectivity index (χ4v) is 3.21. The average Bonchev–Trinajstić information content (AvgIpc) is 2.36. The van der Waals surface area contributed by atoms with Crippen molar-refractivity contribution < 1.29 is 0 Å². The highest BCUT2D eigenvalue weighted by Crippen LogP contribution is 2.29. The Morgan fingerprint density at radius 1 is 1.17 bits per heavy atom. The molecule has 18 heavy (non-hydrogen) atoms. The minimum Gasteiger partial charge on any atom is -0.311 e. The molecular formula is C17H27N. The van der Waals surface area contributed by atoms with Crippen LogP contribution in [0.2, 0.25) is 0 Å². The lowest BCUT2D eigenvalue weighted by molar-refractivity contribution is 0.196. The second-order valence-corrected chi connectivity index (χ2v) is 6.13. The van der Waals surface area contributed by atoms with Crippen molar-refractivity contribution in [2.24, 2.45) is 11.8 Å². The third-order valence-corrected chi connectivity index (χ3v) is 4.59. The number of rotatable bonds is 4. The summed E-state index contributed by atoms with van der Waals surface area (Å²) in [5, 5.41) is 3.85. The summed E-state index contributed by atoms with van der Waals surface area (Å²) in [7, 11) is 0. The van der Waals surface area contributed by atoms with Gasteiger partial charge >= 0.3 is 0 Å². The maximum atomic E-state index is 3.85. The zero-order chi connectivity index (χ0) is 13.0. The van der Waals surface area contributed by atoms with E-state index >= 15 is 0 Å². The molecule has 4 atom stereocenters. The summed E-state index contributed by atoms with van der Waals surface area (Å²) in [5.41, 5.74) is 1.44. The zero-order valence-electron chi connectivity index (χ0n) is 12.0. The van der Waals surface area contributed by atoms with Crippen molar-refractivity contribution in [3.63, 3.8) is 0 Å². The van der Waals surface area contributed by atoms with Gasteiger partial charge in [-0.15, -0.1) is 0 Å². The minimum absolute atomic E-state index is 0.574. The van der Waals surface area contributed by atoms with Gasteiger partial charge in [0.2, 0.25) is 0 Å². The van der Waals surface area contributed by atoms with E-state index in [0.717, 1.165) is 18.3 Å². The molecule has 1 nitrogen and oxygen atoms in total. The van der Waals surface area contributed by atoms with Crippen LogP contribution in [0, 0.1) is 11.8 Å². The normalized spacial score (nSPS) is 30.1. The van der Waals surface area contributed by atoms with Gasteiger partial charge in [0, 0.05) is 12.1 Å². The van der Waals surface area contributed by atoms with E-state index in [-0.39, 0.29) is 0 Å². The second kappa shape index (κ2) is 6.38. The van der Waals surface area contributed by atoms with Crippen LogP contribution in [0.5, 0.6) is 0 Å². The van der Waals surface area contributed by atoms with Gasteiger partial charge in [0.15, 0.2) is 0 Å². The predicted molar refractivity (Wildman–Crippen MR) is 78.7 cm³/mol. The summed E-state index contributed by atoms with van der Waals surface area (Å²) in [4.78, 5) is 0. The molecular weight excluding hydrogens is 218 g/mol. The Hall–Kier alpha value is -0.820. The quantitative estimate of drug-likeness (QED) is 0.844. The number of hydrogen-bond donors (Lipinski definition) is 1. The Labute approximate surface area is 112 Å². The SMILES string of the molecule is CC(Cc1ccccc1)NC1CCCC(C)C1C. The molecule has 0 aliphatic heterocycles. The van der Waals surface area contributed by atoms with E-state index in [1.807, 2.05) is 0 Å². The molecule has 0 radical (unpaired) electrons. The molecule has 1 saturated carbocycles. The largest absolute Gasteiger partial charge is 0.311 e. The van der Waals surface area contributed by atoms with Crippen molar-refractivity contribution in [3.8, 4) is 0 Å². The Kier molecular flexibility index (Phi) is 4.82. The Balaban J connectivity index is 1.85. The predicted octanol–water partition coefficient (Wildman–Crippen LogP) is 4.03. The highest BCUT2D eigenvalue weighted by atomic mass is 15.0. The van der Waals surface area contributed by atoms with Gasteiger partial charge in [0.25, 0.3) is 0 Å². The molecule has 0 heterocycles. The van der Waals surface area contributed by atoms with E-state index in [4.69, 9.17) is 0 Å². The Bertz CT molecular complexity index is 346. The number of nitrogens with one attached hydrogen (secondary N) is 1. The van der Waals surface area contributed by atoms with E-state index in [9.17, 15) is 0 Å². The highest BCUT2D eigenvalue weighted by Gasteiger charge is 2.27. The Morgan fingerprint density at radius 3 is 2.61 bits per heavy atom. The van der Waals surface area contributed by atoms with E-state index in [2.05, 4.69) is 56.4 Å². The first-order valence-electron chi connectivity index (χ1n) is 7.47. The maximum Gasteiger partial charge on any atom is 0.00978 e. The van der Waals surface area contributed by atoms with Crippen molar-refractivity contribution in [1.82, 2.24) is 5.32 Å². The van der Waals surface area contributed by atoms with Gasteiger partial charge in [-0.2, -0.15) is 0 Å². The Morgan fingerprint density at radius 2 is 1.89 bits per heavy atom. The summed E-state index contributed by atoms with van der Waals surface area (Å²) in [5.74, 6) is 1.69. The molecule has 0 bridgehead atoms. The van der Waals surface area contributed by atoms with Gasteiger partial charge < -0.3 is 5.32 Å². The van der Waals surface area contributed by atoms with Crippen LogP contribution in [-0.2, 0) is 6.42 Å². The minimum atomic E-state index is 0.574. The summed E-state index contributed by atoms with van der Waals surface area (Å²) in [6.45, 7) is 7.14. The highest BCUT2D eigenvalue weighted by molar-refractivity contribution is 5.15. The lowest BCUT2D eigenvalue weighted by Crippen LogP contribution is -2.45. The van der Waals surface area contributed by atoms with E-state index in [0.29, 0.717) is 12.1 Å². The molecule has 1 aromatic rings. The van der Waals surface area contributed by atoms with Crippen LogP contribution in [0.1, 0.15) is 45.6 Å². The standard InChI is InChI=1S/C17H27N/c1-13-8-7-11-17(15(13)3)18-14(2)12-16-9-5-4-6-10-16/h4-6,9-10,13-15,17-18H,7-8,11-12H2,1-3H3. The van der Waals surface area contributed by atoms with Crippen molar-refractivity contribution in [2.75, 3.05) is 0 Å². The molecule has 1 aromatic carbocycles. The summed E-state index contributed by atoms with van der Waals surface area (Å²) in [6, 6.07) is 12.1. The monoisotopic (exact) mass is 245 g/mol. The fourth-order valence-electron chi connectivity index (χ4n) is 3.21. The average molecular weight is 245 g/mol. The molecule has 1 fully saturated rings. The van der Waals surface area contributed by atoms with Gasteiger partial charge in [-0.05, 0) is 37.2 Å². The molecule has 0 amide bonds. The smallest absolute Gasteiger partial charge is 0.00978 e. The molecule has 4 unspecified atom stereocenters. The van der Waals surface area contributed by atoms with Gasteiger partial charge in [0.05, 0.1) is 0 Å².